The first-order valence-corrected chi connectivity index (χ1v) is 9.30. The van der Waals surface area contributed by atoms with Crippen molar-refractivity contribution in [3.8, 4) is 5.75 Å². The first-order chi connectivity index (χ1) is 12.2. The molecule has 2 atom stereocenters. The summed E-state index contributed by atoms with van der Waals surface area (Å²) in [7, 11) is 0. The van der Waals surface area contributed by atoms with Crippen LogP contribution in [0, 0.1) is 0 Å². The van der Waals surface area contributed by atoms with Crippen LogP contribution in [0.3, 0.4) is 0 Å². The smallest absolute Gasteiger partial charge is 0.264 e. The number of nitrogens with zero attached hydrogens (tertiary/aromatic N) is 2. The number of thiophene rings is 1. The van der Waals surface area contributed by atoms with Crippen LogP contribution in [0.15, 0.2) is 42.0 Å². The Morgan fingerprint density at radius 1 is 1.28 bits per heavy atom. The summed E-state index contributed by atoms with van der Waals surface area (Å²) < 4.78 is 5.94. The molecule has 2 fully saturated rings. The van der Waals surface area contributed by atoms with Crippen molar-refractivity contribution in [2.75, 3.05) is 6.54 Å². The van der Waals surface area contributed by atoms with Gasteiger partial charge in [-0.3, -0.25) is 14.6 Å². The van der Waals surface area contributed by atoms with Crippen LogP contribution in [0.1, 0.15) is 28.9 Å². The summed E-state index contributed by atoms with van der Waals surface area (Å²) >= 11 is 1.39. The van der Waals surface area contributed by atoms with Crippen LogP contribution in [0.25, 0.3) is 0 Å². The van der Waals surface area contributed by atoms with Crippen LogP contribution in [-0.4, -0.2) is 46.4 Å². The molecular formula is C18H19N3O3S. The molecule has 3 heterocycles. The van der Waals surface area contributed by atoms with Crippen molar-refractivity contribution in [3.05, 3.63) is 46.9 Å². The van der Waals surface area contributed by atoms with Crippen molar-refractivity contribution < 1.29 is 14.3 Å². The Bertz CT molecular complexity index is 746. The molecule has 1 saturated carbocycles. The first kappa shape index (κ1) is 16.1. The van der Waals surface area contributed by atoms with Crippen molar-refractivity contribution in [1.29, 1.82) is 0 Å². The number of hydrogen-bond acceptors (Lipinski definition) is 5. The molecule has 2 aromatic rings. The van der Waals surface area contributed by atoms with Crippen LogP contribution in [0.5, 0.6) is 5.75 Å². The van der Waals surface area contributed by atoms with E-state index in [0.29, 0.717) is 23.6 Å². The van der Waals surface area contributed by atoms with E-state index < -0.39 is 6.04 Å². The molecule has 0 unspecified atom stereocenters. The Morgan fingerprint density at radius 2 is 2.16 bits per heavy atom. The zero-order chi connectivity index (χ0) is 17.2. The van der Waals surface area contributed by atoms with Crippen molar-refractivity contribution in [1.82, 2.24) is 15.2 Å². The molecule has 4 rings (SSSR count). The predicted octanol–water partition coefficient (Wildman–Crippen LogP) is 2.08. The third kappa shape index (κ3) is 3.66. The van der Waals surface area contributed by atoms with E-state index in [1.54, 1.807) is 29.4 Å². The second-order valence-corrected chi connectivity index (χ2v) is 7.35. The average Bonchev–Trinajstić information content (AvgIpc) is 3.12. The van der Waals surface area contributed by atoms with Crippen LogP contribution >= 0.6 is 11.3 Å². The van der Waals surface area contributed by atoms with Crippen LogP contribution in [0.4, 0.5) is 0 Å². The number of likely N-dealkylation sites (tertiary alicyclic amines) is 1. The molecule has 1 aliphatic carbocycles. The Balaban J connectivity index is 1.51. The second-order valence-electron chi connectivity index (χ2n) is 6.40. The number of amides is 2. The lowest BCUT2D eigenvalue weighted by Gasteiger charge is -2.23. The summed E-state index contributed by atoms with van der Waals surface area (Å²) in [6.07, 6.45) is 5.64. The summed E-state index contributed by atoms with van der Waals surface area (Å²) in [6.45, 7) is 0.397. The van der Waals surface area contributed by atoms with E-state index in [0.717, 1.165) is 12.8 Å². The number of ether oxygens (including phenoxy) is 1. The van der Waals surface area contributed by atoms with Gasteiger partial charge >= 0.3 is 0 Å². The minimum atomic E-state index is -0.489. The van der Waals surface area contributed by atoms with Gasteiger partial charge in [0, 0.05) is 18.7 Å². The zero-order valence-electron chi connectivity index (χ0n) is 13.6. The fraction of sp³-hybridized carbons (Fsp3) is 0.389. The van der Waals surface area contributed by atoms with Gasteiger partial charge in [-0.1, -0.05) is 6.07 Å². The maximum atomic E-state index is 12.8. The van der Waals surface area contributed by atoms with Gasteiger partial charge in [-0.05, 0) is 36.4 Å². The summed E-state index contributed by atoms with van der Waals surface area (Å²) in [5.41, 5.74) is 0. The number of hydrogen-bond donors (Lipinski definition) is 1. The van der Waals surface area contributed by atoms with E-state index in [4.69, 9.17) is 4.74 Å². The number of aromatic nitrogens is 1. The highest BCUT2D eigenvalue weighted by atomic mass is 32.1. The van der Waals surface area contributed by atoms with Crippen LogP contribution in [-0.2, 0) is 4.79 Å². The molecule has 0 spiro atoms. The van der Waals surface area contributed by atoms with E-state index in [2.05, 4.69) is 10.3 Å². The minimum Gasteiger partial charge on any atom is -0.487 e. The summed E-state index contributed by atoms with van der Waals surface area (Å²) in [5, 5.41) is 4.88. The maximum absolute atomic E-state index is 12.8. The lowest BCUT2D eigenvalue weighted by atomic mass is 10.1. The highest BCUT2D eigenvalue weighted by Gasteiger charge is 2.42. The largest absolute Gasteiger partial charge is 0.487 e. The van der Waals surface area contributed by atoms with Crippen molar-refractivity contribution >= 4 is 23.2 Å². The molecule has 7 heteroatoms. The number of pyridine rings is 1. The predicted molar refractivity (Wildman–Crippen MR) is 93.6 cm³/mol. The summed E-state index contributed by atoms with van der Waals surface area (Å²) in [4.78, 5) is 31.7. The number of carbonyl (C=O) groups excluding carboxylic acids is 2. The zero-order valence-corrected chi connectivity index (χ0v) is 14.4. The number of carbonyl (C=O) groups is 2. The Morgan fingerprint density at radius 3 is 2.84 bits per heavy atom. The fourth-order valence-electron chi connectivity index (χ4n) is 3.03. The third-order valence-electron chi connectivity index (χ3n) is 4.42. The molecule has 2 aliphatic rings. The second kappa shape index (κ2) is 6.84. The highest BCUT2D eigenvalue weighted by molar-refractivity contribution is 7.12. The van der Waals surface area contributed by atoms with Gasteiger partial charge in [-0.15, -0.1) is 11.3 Å². The highest BCUT2D eigenvalue weighted by Crippen LogP contribution is 2.27. The van der Waals surface area contributed by atoms with Gasteiger partial charge in [-0.2, -0.15) is 0 Å². The molecule has 25 heavy (non-hydrogen) atoms. The van der Waals surface area contributed by atoms with Gasteiger partial charge in [0.05, 0.1) is 17.6 Å². The fourth-order valence-corrected chi connectivity index (χ4v) is 3.71. The van der Waals surface area contributed by atoms with E-state index >= 15 is 0 Å². The molecule has 130 valence electrons. The third-order valence-corrected chi connectivity index (χ3v) is 5.28. The summed E-state index contributed by atoms with van der Waals surface area (Å²) in [5.74, 6) is 0.465. The van der Waals surface area contributed by atoms with E-state index in [1.807, 2.05) is 17.5 Å². The van der Waals surface area contributed by atoms with Gasteiger partial charge in [0.2, 0.25) is 5.91 Å². The van der Waals surface area contributed by atoms with Gasteiger partial charge in [0.25, 0.3) is 5.91 Å². The monoisotopic (exact) mass is 357 g/mol. The molecule has 6 nitrogen and oxygen atoms in total. The molecule has 1 aliphatic heterocycles. The molecule has 0 radical (unpaired) electrons. The first-order valence-electron chi connectivity index (χ1n) is 8.42. The maximum Gasteiger partial charge on any atom is 0.264 e. The van der Waals surface area contributed by atoms with Gasteiger partial charge in [0.15, 0.2) is 0 Å². The van der Waals surface area contributed by atoms with Crippen LogP contribution in [0.2, 0.25) is 0 Å². The van der Waals surface area contributed by atoms with Crippen molar-refractivity contribution in [3.63, 3.8) is 0 Å². The lowest BCUT2D eigenvalue weighted by Crippen LogP contribution is -2.46. The summed E-state index contributed by atoms with van der Waals surface area (Å²) in [6, 6.07) is 7.04. The van der Waals surface area contributed by atoms with Crippen LogP contribution < -0.4 is 10.1 Å². The normalized spacial score (nSPS) is 22.6. The van der Waals surface area contributed by atoms with Crippen molar-refractivity contribution in [2.45, 2.75) is 37.5 Å². The molecule has 0 aromatic carbocycles. The topological polar surface area (TPSA) is 71.5 Å². The van der Waals surface area contributed by atoms with E-state index in [9.17, 15) is 9.59 Å². The molecule has 1 saturated heterocycles. The lowest BCUT2D eigenvalue weighted by molar-refractivity contribution is -0.125. The Kier molecular flexibility index (Phi) is 4.40. The SMILES string of the molecule is O=C(NC1CC1)[C@@H]1C[C@H](Oc2cccnc2)CN1C(=O)c1cccs1. The Labute approximate surface area is 149 Å². The van der Waals surface area contributed by atoms with E-state index in [-0.39, 0.29) is 24.0 Å². The quantitative estimate of drug-likeness (QED) is 0.889. The molecule has 2 amide bonds. The van der Waals surface area contributed by atoms with Gasteiger partial charge < -0.3 is 15.0 Å². The van der Waals surface area contributed by atoms with Gasteiger partial charge in [-0.25, -0.2) is 0 Å². The van der Waals surface area contributed by atoms with Crippen molar-refractivity contribution in [2.24, 2.45) is 0 Å². The average molecular weight is 357 g/mol. The van der Waals surface area contributed by atoms with Gasteiger partial charge in [0.1, 0.15) is 17.9 Å². The minimum absolute atomic E-state index is 0.0790. The number of rotatable bonds is 5. The Hall–Kier alpha value is -2.41. The number of nitrogens with one attached hydrogen (secondary N) is 1. The van der Waals surface area contributed by atoms with E-state index in [1.165, 1.54) is 11.3 Å². The molecule has 1 N–H and O–H groups in total. The molecular weight excluding hydrogens is 338 g/mol. The standard InChI is InChI=1S/C18H19N3O3S/c22-17(20-12-5-6-12)15-9-14(24-13-3-1-7-19-10-13)11-21(15)18(23)16-4-2-8-25-16/h1-4,7-8,10,12,14-15H,5-6,9,11H2,(H,20,22)/t14-,15-/m0/s1. The molecule has 2 aromatic heterocycles. The molecule has 0 bridgehead atoms.